The van der Waals surface area contributed by atoms with Crippen molar-refractivity contribution in [3.63, 3.8) is 0 Å². The number of benzene rings is 1. The molecule has 0 aliphatic carbocycles. The SMILES string of the molecule is CCCOc1cccc(OCC[N+](C)(C(C)C)C(C)C)c1. The third-order valence-corrected chi connectivity index (χ3v) is 4.48. The smallest absolute Gasteiger partial charge is 0.137 e. The van der Waals surface area contributed by atoms with Gasteiger partial charge in [-0.25, -0.2) is 0 Å². The summed E-state index contributed by atoms with van der Waals surface area (Å²) in [4.78, 5) is 0. The van der Waals surface area contributed by atoms with Gasteiger partial charge in [0, 0.05) is 6.07 Å². The van der Waals surface area contributed by atoms with E-state index in [-0.39, 0.29) is 0 Å². The van der Waals surface area contributed by atoms with Crippen molar-refractivity contribution in [3.8, 4) is 11.5 Å². The summed E-state index contributed by atoms with van der Waals surface area (Å²) in [6.07, 6.45) is 1.02. The van der Waals surface area contributed by atoms with Crippen LogP contribution in [-0.2, 0) is 0 Å². The highest BCUT2D eigenvalue weighted by atomic mass is 16.5. The fourth-order valence-electron chi connectivity index (χ4n) is 2.35. The Morgan fingerprint density at radius 1 is 0.952 bits per heavy atom. The lowest BCUT2D eigenvalue weighted by Gasteiger charge is -2.42. The fraction of sp³-hybridized carbons (Fsp3) is 0.667. The number of quaternary nitrogens is 1. The molecule has 0 unspecified atom stereocenters. The van der Waals surface area contributed by atoms with Gasteiger partial charge in [-0.2, -0.15) is 0 Å². The van der Waals surface area contributed by atoms with Gasteiger partial charge in [0.25, 0.3) is 0 Å². The van der Waals surface area contributed by atoms with Gasteiger partial charge in [0.15, 0.2) is 0 Å². The van der Waals surface area contributed by atoms with E-state index >= 15 is 0 Å². The molecule has 0 heterocycles. The minimum atomic E-state index is 0.591. The van der Waals surface area contributed by atoms with Crippen molar-refractivity contribution in [3.05, 3.63) is 24.3 Å². The van der Waals surface area contributed by atoms with Crippen LogP contribution in [0.25, 0.3) is 0 Å². The Bertz CT molecular complexity index is 407. The van der Waals surface area contributed by atoms with Crippen LogP contribution >= 0.6 is 0 Å². The van der Waals surface area contributed by atoms with Crippen molar-refractivity contribution < 1.29 is 14.0 Å². The summed E-state index contributed by atoms with van der Waals surface area (Å²) in [5.41, 5.74) is 0. The van der Waals surface area contributed by atoms with E-state index in [1.54, 1.807) is 0 Å². The Hall–Kier alpha value is -1.22. The summed E-state index contributed by atoms with van der Waals surface area (Å²) >= 11 is 0. The molecular formula is C18H32NO2+. The second-order valence-electron chi connectivity index (χ2n) is 6.43. The van der Waals surface area contributed by atoms with Crippen molar-refractivity contribution in [1.29, 1.82) is 0 Å². The van der Waals surface area contributed by atoms with Gasteiger partial charge in [0.05, 0.1) is 25.7 Å². The van der Waals surface area contributed by atoms with Crippen molar-refractivity contribution in [2.75, 3.05) is 26.8 Å². The predicted octanol–water partition coefficient (Wildman–Crippen LogP) is 4.12. The molecule has 0 aliphatic heterocycles. The van der Waals surface area contributed by atoms with Gasteiger partial charge in [-0.1, -0.05) is 13.0 Å². The van der Waals surface area contributed by atoms with E-state index < -0.39 is 0 Å². The van der Waals surface area contributed by atoms with Crippen LogP contribution in [0.4, 0.5) is 0 Å². The standard InChI is InChI=1S/C18H32NO2/c1-7-12-20-17-9-8-10-18(14-17)21-13-11-19(6,15(2)3)16(4)5/h8-10,14-16H,7,11-13H2,1-6H3/q+1. The lowest BCUT2D eigenvalue weighted by atomic mass is 10.1. The summed E-state index contributed by atoms with van der Waals surface area (Å²) in [5.74, 6) is 1.78. The lowest BCUT2D eigenvalue weighted by molar-refractivity contribution is -0.949. The number of hydrogen-bond donors (Lipinski definition) is 0. The Morgan fingerprint density at radius 2 is 1.48 bits per heavy atom. The van der Waals surface area contributed by atoms with Crippen LogP contribution in [-0.4, -0.2) is 43.4 Å². The molecule has 1 aromatic carbocycles. The summed E-state index contributed by atoms with van der Waals surface area (Å²) < 4.78 is 12.6. The van der Waals surface area contributed by atoms with E-state index in [1.807, 2.05) is 24.3 Å². The van der Waals surface area contributed by atoms with Crippen LogP contribution in [0.5, 0.6) is 11.5 Å². The Labute approximate surface area is 130 Å². The van der Waals surface area contributed by atoms with Crippen molar-refractivity contribution >= 4 is 0 Å². The maximum absolute atomic E-state index is 5.93. The van der Waals surface area contributed by atoms with E-state index in [9.17, 15) is 0 Å². The second kappa shape index (κ2) is 8.28. The van der Waals surface area contributed by atoms with Crippen LogP contribution < -0.4 is 9.47 Å². The molecule has 0 spiro atoms. The molecule has 0 saturated carbocycles. The lowest BCUT2D eigenvalue weighted by Crippen LogP contribution is -2.56. The van der Waals surface area contributed by atoms with Gasteiger partial charge in [-0.15, -0.1) is 0 Å². The van der Waals surface area contributed by atoms with Crippen molar-refractivity contribution in [2.24, 2.45) is 0 Å². The minimum absolute atomic E-state index is 0.591. The van der Waals surface area contributed by atoms with Gasteiger partial charge >= 0.3 is 0 Å². The third-order valence-electron chi connectivity index (χ3n) is 4.48. The molecule has 1 rings (SSSR count). The van der Waals surface area contributed by atoms with E-state index in [4.69, 9.17) is 9.47 Å². The molecule has 1 aromatic rings. The maximum atomic E-state index is 5.93. The van der Waals surface area contributed by atoms with E-state index in [1.165, 1.54) is 0 Å². The van der Waals surface area contributed by atoms with Crippen molar-refractivity contribution in [2.45, 2.75) is 53.1 Å². The zero-order valence-electron chi connectivity index (χ0n) is 14.6. The summed E-state index contributed by atoms with van der Waals surface area (Å²) in [5, 5.41) is 0. The third kappa shape index (κ3) is 5.24. The van der Waals surface area contributed by atoms with Crippen LogP contribution in [0.2, 0.25) is 0 Å². The Kier molecular flexibility index (Phi) is 7.03. The largest absolute Gasteiger partial charge is 0.493 e. The average molecular weight is 294 g/mol. The molecule has 0 bridgehead atoms. The van der Waals surface area contributed by atoms with Crippen molar-refractivity contribution in [1.82, 2.24) is 0 Å². The molecule has 0 aromatic heterocycles. The average Bonchev–Trinajstić information content (AvgIpc) is 2.45. The molecule has 0 radical (unpaired) electrons. The first-order valence-electron chi connectivity index (χ1n) is 8.10. The van der Waals surface area contributed by atoms with Crippen LogP contribution in [0.15, 0.2) is 24.3 Å². The van der Waals surface area contributed by atoms with Gasteiger partial charge in [-0.05, 0) is 46.2 Å². The summed E-state index contributed by atoms with van der Waals surface area (Å²) in [7, 11) is 2.31. The molecule has 0 aliphatic rings. The van der Waals surface area contributed by atoms with Crippen LogP contribution in [0, 0.1) is 0 Å². The fourth-order valence-corrected chi connectivity index (χ4v) is 2.35. The van der Waals surface area contributed by atoms with Gasteiger partial charge < -0.3 is 14.0 Å². The highest BCUT2D eigenvalue weighted by Crippen LogP contribution is 2.21. The number of ether oxygens (including phenoxy) is 2. The minimum Gasteiger partial charge on any atom is -0.493 e. The summed E-state index contributed by atoms with van der Waals surface area (Å²) in [6, 6.07) is 9.11. The monoisotopic (exact) mass is 294 g/mol. The molecular weight excluding hydrogens is 262 g/mol. The molecule has 0 amide bonds. The normalized spacial score (nSPS) is 12.0. The van der Waals surface area contributed by atoms with E-state index in [0.717, 1.165) is 42.2 Å². The number of likely N-dealkylation sites (N-methyl/N-ethyl adjacent to an activating group) is 1. The molecule has 120 valence electrons. The first-order chi connectivity index (χ1) is 9.90. The van der Waals surface area contributed by atoms with Crippen LogP contribution in [0.3, 0.4) is 0 Å². The molecule has 0 N–H and O–H groups in total. The second-order valence-corrected chi connectivity index (χ2v) is 6.43. The zero-order chi connectivity index (χ0) is 15.9. The predicted molar refractivity (Wildman–Crippen MR) is 89.0 cm³/mol. The molecule has 3 heteroatoms. The van der Waals surface area contributed by atoms with E-state index in [0.29, 0.717) is 12.1 Å². The Morgan fingerprint density at radius 3 is 1.95 bits per heavy atom. The highest BCUT2D eigenvalue weighted by molar-refractivity contribution is 5.32. The van der Waals surface area contributed by atoms with Crippen LogP contribution in [0.1, 0.15) is 41.0 Å². The van der Waals surface area contributed by atoms with Gasteiger partial charge in [0.2, 0.25) is 0 Å². The maximum Gasteiger partial charge on any atom is 0.137 e. The quantitative estimate of drug-likeness (QED) is 0.638. The van der Waals surface area contributed by atoms with Gasteiger partial charge in [-0.3, -0.25) is 0 Å². The first-order valence-corrected chi connectivity index (χ1v) is 8.10. The topological polar surface area (TPSA) is 18.5 Å². The Balaban J connectivity index is 2.55. The number of nitrogens with zero attached hydrogens (tertiary/aromatic N) is 1. The first kappa shape index (κ1) is 17.8. The van der Waals surface area contributed by atoms with Gasteiger partial charge in [0.1, 0.15) is 24.7 Å². The molecule has 3 nitrogen and oxygen atoms in total. The van der Waals surface area contributed by atoms with E-state index in [2.05, 4.69) is 41.7 Å². The molecule has 0 fully saturated rings. The molecule has 21 heavy (non-hydrogen) atoms. The molecule has 0 saturated heterocycles. The number of hydrogen-bond acceptors (Lipinski definition) is 2. The molecule has 0 atom stereocenters. The zero-order valence-corrected chi connectivity index (χ0v) is 14.6. The summed E-state index contributed by atoms with van der Waals surface area (Å²) in [6.45, 7) is 13.7. The number of rotatable bonds is 9. The highest BCUT2D eigenvalue weighted by Gasteiger charge is 2.29.